The number of alkyl carbamates (subject to hydrolysis) is 1. The van der Waals surface area contributed by atoms with Gasteiger partial charge in [0.1, 0.15) is 6.61 Å². The van der Waals surface area contributed by atoms with Crippen molar-refractivity contribution in [1.29, 1.82) is 0 Å². The number of aliphatic carboxylic acids is 1. The standard InChI is InChI=1S/C21H23NO4/c1-2-7-14(12-20(23)24)22-21(25)26-13-19-17-10-5-3-8-15(17)16-9-4-6-11-18(16)19/h3-6,8-11,14,19H,2,7,12-13H2,1H3,(H,22,25)(H,23,24)/t14-/m1/s1. The number of fused-ring (bicyclic) bond motifs is 3. The van der Waals surface area contributed by atoms with E-state index < -0.39 is 18.1 Å². The molecule has 1 atom stereocenters. The Bertz CT molecular complexity index is 757. The van der Waals surface area contributed by atoms with Crippen molar-refractivity contribution in [2.24, 2.45) is 0 Å². The number of benzene rings is 2. The number of carboxylic acid groups (broad SMARTS) is 1. The Kier molecular flexibility index (Phi) is 5.56. The van der Waals surface area contributed by atoms with E-state index in [4.69, 9.17) is 9.84 Å². The fourth-order valence-electron chi connectivity index (χ4n) is 3.59. The third-order valence-electron chi connectivity index (χ3n) is 4.72. The Morgan fingerprint density at radius 1 is 1.08 bits per heavy atom. The van der Waals surface area contributed by atoms with Gasteiger partial charge in [0.25, 0.3) is 0 Å². The van der Waals surface area contributed by atoms with E-state index in [0.717, 1.165) is 17.5 Å². The molecule has 1 aliphatic rings. The maximum absolute atomic E-state index is 12.2. The van der Waals surface area contributed by atoms with Crippen molar-refractivity contribution in [3.05, 3.63) is 59.7 Å². The van der Waals surface area contributed by atoms with Gasteiger partial charge in [0.15, 0.2) is 0 Å². The number of ether oxygens (including phenoxy) is 1. The Balaban J connectivity index is 1.68. The highest BCUT2D eigenvalue weighted by Crippen LogP contribution is 2.44. The molecular formula is C21H23NO4. The number of carbonyl (C=O) groups is 2. The summed E-state index contributed by atoms with van der Waals surface area (Å²) in [7, 11) is 0. The van der Waals surface area contributed by atoms with Crippen LogP contribution in [0.15, 0.2) is 48.5 Å². The van der Waals surface area contributed by atoms with Crippen LogP contribution in [-0.2, 0) is 9.53 Å². The number of amides is 1. The van der Waals surface area contributed by atoms with Crippen molar-refractivity contribution < 1.29 is 19.4 Å². The molecule has 0 fully saturated rings. The van der Waals surface area contributed by atoms with Crippen LogP contribution >= 0.6 is 0 Å². The lowest BCUT2D eigenvalue weighted by Gasteiger charge is -2.18. The van der Waals surface area contributed by atoms with Crippen LogP contribution in [0.5, 0.6) is 0 Å². The molecule has 0 bridgehead atoms. The van der Waals surface area contributed by atoms with Gasteiger partial charge in [-0.25, -0.2) is 4.79 Å². The first-order valence-corrected chi connectivity index (χ1v) is 8.93. The molecule has 1 aliphatic carbocycles. The zero-order valence-corrected chi connectivity index (χ0v) is 14.8. The molecular weight excluding hydrogens is 330 g/mol. The number of hydrogen-bond donors (Lipinski definition) is 2. The highest BCUT2D eigenvalue weighted by molar-refractivity contribution is 5.79. The molecule has 136 valence electrons. The molecule has 5 heteroatoms. The molecule has 0 radical (unpaired) electrons. The summed E-state index contributed by atoms with van der Waals surface area (Å²) in [5.74, 6) is -0.931. The van der Waals surface area contributed by atoms with Gasteiger partial charge < -0.3 is 15.2 Å². The topological polar surface area (TPSA) is 75.6 Å². The SMILES string of the molecule is CCC[C@H](CC(=O)O)NC(=O)OCC1c2ccccc2-c2ccccc21. The van der Waals surface area contributed by atoms with Crippen LogP contribution in [0.3, 0.4) is 0 Å². The minimum atomic E-state index is -0.928. The van der Waals surface area contributed by atoms with Gasteiger partial charge in [0.05, 0.1) is 6.42 Å². The van der Waals surface area contributed by atoms with Crippen LogP contribution in [0.2, 0.25) is 0 Å². The molecule has 2 aromatic rings. The molecule has 26 heavy (non-hydrogen) atoms. The Labute approximate surface area is 153 Å². The van der Waals surface area contributed by atoms with Crippen molar-refractivity contribution in [1.82, 2.24) is 5.32 Å². The fraction of sp³-hybridized carbons (Fsp3) is 0.333. The summed E-state index contributed by atoms with van der Waals surface area (Å²) < 4.78 is 5.46. The van der Waals surface area contributed by atoms with Gasteiger partial charge in [-0.05, 0) is 28.7 Å². The predicted octanol–water partition coefficient (Wildman–Crippen LogP) is 4.17. The zero-order chi connectivity index (χ0) is 18.5. The first kappa shape index (κ1) is 18.0. The summed E-state index contributed by atoms with van der Waals surface area (Å²) in [5, 5.41) is 11.6. The summed E-state index contributed by atoms with van der Waals surface area (Å²) >= 11 is 0. The van der Waals surface area contributed by atoms with E-state index in [9.17, 15) is 9.59 Å². The van der Waals surface area contributed by atoms with E-state index in [-0.39, 0.29) is 18.9 Å². The van der Waals surface area contributed by atoms with Crippen molar-refractivity contribution in [3.63, 3.8) is 0 Å². The molecule has 0 aromatic heterocycles. The normalized spacial score (nSPS) is 13.6. The first-order chi connectivity index (χ1) is 12.6. The second-order valence-electron chi connectivity index (χ2n) is 6.55. The third-order valence-corrected chi connectivity index (χ3v) is 4.72. The maximum Gasteiger partial charge on any atom is 0.407 e. The molecule has 3 rings (SSSR count). The van der Waals surface area contributed by atoms with Crippen molar-refractivity contribution in [2.45, 2.75) is 38.1 Å². The Morgan fingerprint density at radius 2 is 1.65 bits per heavy atom. The van der Waals surface area contributed by atoms with Gasteiger partial charge in [-0.3, -0.25) is 4.79 Å². The van der Waals surface area contributed by atoms with Crippen molar-refractivity contribution in [3.8, 4) is 11.1 Å². The Morgan fingerprint density at radius 3 is 2.19 bits per heavy atom. The van der Waals surface area contributed by atoms with Crippen LogP contribution in [0.25, 0.3) is 11.1 Å². The lowest BCUT2D eigenvalue weighted by Crippen LogP contribution is -2.37. The van der Waals surface area contributed by atoms with E-state index in [1.54, 1.807) is 0 Å². The minimum absolute atomic E-state index is 0.00255. The van der Waals surface area contributed by atoms with Gasteiger partial charge in [0.2, 0.25) is 0 Å². The average molecular weight is 353 g/mol. The van der Waals surface area contributed by atoms with Gasteiger partial charge >= 0.3 is 12.1 Å². The molecule has 2 aromatic carbocycles. The summed E-state index contributed by atoms with van der Waals surface area (Å²) in [6.07, 6.45) is 0.738. The van der Waals surface area contributed by atoms with Crippen LogP contribution in [-0.4, -0.2) is 29.8 Å². The molecule has 2 N–H and O–H groups in total. The smallest absolute Gasteiger partial charge is 0.407 e. The van der Waals surface area contributed by atoms with E-state index >= 15 is 0 Å². The summed E-state index contributed by atoms with van der Waals surface area (Å²) in [4.78, 5) is 23.1. The van der Waals surface area contributed by atoms with Gasteiger partial charge in [0, 0.05) is 12.0 Å². The number of rotatable bonds is 7. The van der Waals surface area contributed by atoms with E-state index in [1.807, 2.05) is 31.2 Å². The molecule has 0 heterocycles. The molecule has 1 amide bonds. The lowest BCUT2D eigenvalue weighted by molar-refractivity contribution is -0.137. The summed E-state index contributed by atoms with van der Waals surface area (Å²) in [6, 6.07) is 15.9. The van der Waals surface area contributed by atoms with Gasteiger partial charge in [-0.15, -0.1) is 0 Å². The zero-order valence-electron chi connectivity index (χ0n) is 14.8. The van der Waals surface area contributed by atoms with Gasteiger partial charge in [-0.2, -0.15) is 0 Å². The van der Waals surface area contributed by atoms with Crippen LogP contribution in [0.1, 0.15) is 43.2 Å². The number of carboxylic acids is 1. The Hall–Kier alpha value is -2.82. The van der Waals surface area contributed by atoms with E-state index in [0.29, 0.717) is 6.42 Å². The summed E-state index contributed by atoms with van der Waals surface area (Å²) in [6.45, 7) is 2.18. The highest BCUT2D eigenvalue weighted by atomic mass is 16.5. The van der Waals surface area contributed by atoms with Crippen LogP contribution in [0.4, 0.5) is 4.79 Å². The molecule has 0 saturated heterocycles. The fourth-order valence-corrected chi connectivity index (χ4v) is 3.59. The quantitative estimate of drug-likeness (QED) is 0.783. The molecule has 5 nitrogen and oxygen atoms in total. The molecule has 0 unspecified atom stereocenters. The van der Waals surface area contributed by atoms with Crippen LogP contribution < -0.4 is 5.32 Å². The van der Waals surface area contributed by atoms with E-state index in [2.05, 4.69) is 29.6 Å². The largest absolute Gasteiger partial charge is 0.481 e. The molecule has 0 saturated carbocycles. The van der Waals surface area contributed by atoms with Crippen LogP contribution in [0, 0.1) is 0 Å². The number of nitrogens with one attached hydrogen (secondary N) is 1. The lowest BCUT2D eigenvalue weighted by atomic mass is 9.98. The molecule has 0 aliphatic heterocycles. The number of hydrogen-bond acceptors (Lipinski definition) is 3. The predicted molar refractivity (Wildman–Crippen MR) is 99.2 cm³/mol. The monoisotopic (exact) mass is 353 g/mol. The van der Waals surface area contributed by atoms with E-state index in [1.165, 1.54) is 11.1 Å². The first-order valence-electron chi connectivity index (χ1n) is 8.93. The second-order valence-corrected chi connectivity index (χ2v) is 6.55. The minimum Gasteiger partial charge on any atom is -0.481 e. The third kappa shape index (κ3) is 3.87. The number of carbonyl (C=O) groups excluding carboxylic acids is 1. The van der Waals surface area contributed by atoms with Crippen molar-refractivity contribution in [2.75, 3.05) is 6.61 Å². The second kappa shape index (κ2) is 8.04. The highest BCUT2D eigenvalue weighted by Gasteiger charge is 2.29. The molecule has 0 spiro atoms. The maximum atomic E-state index is 12.2. The summed E-state index contributed by atoms with van der Waals surface area (Å²) in [5.41, 5.74) is 4.65. The van der Waals surface area contributed by atoms with Gasteiger partial charge in [-0.1, -0.05) is 61.9 Å². The average Bonchev–Trinajstić information content (AvgIpc) is 2.94. The van der Waals surface area contributed by atoms with Crippen molar-refractivity contribution >= 4 is 12.1 Å².